The number of hydrogen-bond acceptors (Lipinski definition) is 1. The molecule has 128 valence electrons. The maximum atomic E-state index is 4.70. The molecule has 0 aliphatic heterocycles. The molecule has 0 unspecified atom stereocenters. The Kier molecular flexibility index (Phi) is 4.64. The average Bonchev–Trinajstić information content (AvgIpc) is 3.03. The van der Waals surface area contributed by atoms with Crippen molar-refractivity contribution in [3.8, 4) is 0 Å². The Morgan fingerprint density at radius 1 is 0.692 bits per heavy atom. The molecule has 0 spiro atoms. The first kappa shape index (κ1) is 17.0. The molecule has 0 atom stereocenters. The van der Waals surface area contributed by atoms with Crippen molar-refractivity contribution in [3.63, 3.8) is 0 Å². The lowest BCUT2D eigenvalue weighted by molar-refractivity contribution is 0.503. The quantitative estimate of drug-likeness (QED) is 0.291. The first-order valence-corrected chi connectivity index (χ1v) is 9.69. The molecule has 4 aromatic rings. The molecular weight excluding hydrogens is 431 g/mol. The van der Waals surface area contributed by atoms with Gasteiger partial charge < -0.3 is 4.57 Å². The lowest BCUT2D eigenvalue weighted by Gasteiger charge is -2.38. The molecular formula is C23H19IN2. The fourth-order valence-electron chi connectivity index (χ4n) is 3.66. The topological polar surface area (TPSA) is 17.8 Å². The smallest absolute Gasteiger partial charge is 0.172 e. The van der Waals surface area contributed by atoms with Crippen LogP contribution in [-0.2, 0) is 5.54 Å². The van der Waals surface area contributed by atoms with Gasteiger partial charge in [-0.15, -0.1) is 0 Å². The molecule has 0 amide bonds. The van der Waals surface area contributed by atoms with E-state index in [1.54, 1.807) is 0 Å². The number of nitrogens with zero attached hydrogens (tertiary/aromatic N) is 2. The Balaban J connectivity index is 2.16. The van der Waals surface area contributed by atoms with Crippen LogP contribution in [0, 0.1) is 10.8 Å². The van der Waals surface area contributed by atoms with Crippen LogP contribution in [0.1, 0.15) is 22.4 Å². The minimum absolute atomic E-state index is 0.471. The number of aromatic nitrogens is 2. The van der Waals surface area contributed by atoms with E-state index in [9.17, 15) is 0 Å². The van der Waals surface area contributed by atoms with Crippen LogP contribution in [0.3, 0.4) is 0 Å². The van der Waals surface area contributed by atoms with Crippen LogP contribution in [0.4, 0.5) is 0 Å². The lowest BCUT2D eigenvalue weighted by atomic mass is 9.77. The minimum Gasteiger partial charge on any atom is -0.308 e. The third-order valence-electron chi connectivity index (χ3n) is 4.72. The third-order valence-corrected chi connectivity index (χ3v) is 5.48. The molecule has 0 bridgehead atoms. The number of aryl methyl sites for hydroxylation is 1. The first-order valence-electron chi connectivity index (χ1n) is 8.61. The van der Waals surface area contributed by atoms with E-state index in [1.165, 1.54) is 16.7 Å². The van der Waals surface area contributed by atoms with Gasteiger partial charge in [0, 0.05) is 6.20 Å². The summed E-state index contributed by atoms with van der Waals surface area (Å²) in [5.41, 5.74) is 4.19. The number of benzene rings is 3. The molecule has 3 aromatic carbocycles. The Morgan fingerprint density at radius 2 is 1.08 bits per heavy atom. The minimum atomic E-state index is -0.471. The van der Waals surface area contributed by atoms with E-state index in [1.807, 2.05) is 6.92 Å². The number of rotatable bonds is 4. The first-order chi connectivity index (χ1) is 12.7. The van der Waals surface area contributed by atoms with Gasteiger partial charge in [-0.05, 0) is 46.2 Å². The van der Waals surface area contributed by atoms with Crippen molar-refractivity contribution in [2.45, 2.75) is 12.5 Å². The number of halogens is 1. The summed E-state index contributed by atoms with van der Waals surface area (Å²) in [4.78, 5) is 4.70. The van der Waals surface area contributed by atoms with Crippen LogP contribution in [0.5, 0.6) is 0 Å². The molecule has 0 saturated carbocycles. The second-order valence-electron chi connectivity index (χ2n) is 6.33. The Labute approximate surface area is 167 Å². The predicted molar refractivity (Wildman–Crippen MR) is 114 cm³/mol. The molecule has 0 saturated heterocycles. The van der Waals surface area contributed by atoms with Crippen molar-refractivity contribution in [1.29, 1.82) is 0 Å². The van der Waals surface area contributed by atoms with Crippen LogP contribution >= 0.6 is 22.6 Å². The summed E-state index contributed by atoms with van der Waals surface area (Å²) >= 11 is 2.34. The van der Waals surface area contributed by atoms with Gasteiger partial charge in [0.2, 0.25) is 0 Å². The van der Waals surface area contributed by atoms with E-state index in [4.69, 9.17) is 4.98 Å². The van der Waals surface area contributed by atoms with Crippen LogP contribution in [0.25, 0.3) is 0 Å². The van der Waals surface area contributed by atoms with E-state index in [0.717, 1.165) is 9.53 Å². The van der Waals surface area contributed by atoms with E-state index < -0.39 is 5.54 Å². The highest BCUT2D eigenvalue weighted by Gasteiger charge is 2.39. The second-order valence-corrected chi connectivity index (χ2v) is 7.29. The van der Waals surface area contributed by atoms with E-state index in [0.29, 0.717) is 0 Å². The van der Waals surface area contributed by atoms with Gasteiger partial charge in [-0.2, -0.15) is 0 Å². The molecule has 1 aromatic heterocycles. The largest absolute Gasteiger partial charge is 0.308 e. The van der Waals surface area contributed by atoms with Gasteiger partial charge in [0.25, 0.3) is 0 Å². The van der Waals surface area contributed by atoms with Gasteiger partial charge in [0.15, 0.2) is 3.83 Å². The average molecular weight is 450 g/mol. The van der Waals surface area contributed by atoms with Gasteiger partial charge >= 0.3 is 0 Å². The zero-order valence-electron chi connectivity index (χ0n) is 14.5. The summed E-state index contributed by atoms with van der Waals surface area (Å²) in [6.07, 6.45) is 2.15. The standard InChI is InChI=1S/C23H19IN2/c1-18-17-26(22(24)25-18)23(19-11-5-2-6-12-19,20-13-7-3-8-14-20)21-15-9-4-10-16-21/h2-17H,1H3. The number of hydrogen-bond donors (Lipinski definition) is 0. The van der Waals surface area contributed by atoms with E-state index in [2.05, 4.69) is 124 Å². The summed E-state index contributed by atoms with van der Waals surface area (Å²) < 4.78 is 3.26. The van der Waals surface area contributed by atoms with E-state index >= 15 is 0 Å². The molecule has 4 rings (SSSR count). The van der Waals surface area contributed by atoms with Crippen LogP contribution in [0.15, 0.2) is 97.2 Å². The summed E-state index contributed by atoms with van der Waals surface area (Å²) in [7, 11) is 0. The van der Waals surface area contributed by atoms with Gasteiger partial charge in [-0.25, -0.2) is 4.98 Å². The zero-order chi connectivity index (χ0) is 18.0. The third kappa shape index (κ3) is 2.76. The molecule has 1 heterocycles. The normalized spacial score (nSPS) is 11.5. The highest BCUT2D eigenvalue weighted by molar-refractivity contribution is 14.1. The molecule has 26 heavy (non-hydrogen) atoms. The fraction of sp³-hybridized carbons (Fsp3) is 0.0870. The monoisotopic (exact) mass is 450 g/mol. The van der Waals surface area contributed by atoms with Crippen molar-refractivity contribution >= 4 is 22.6 Å². The van der Waals surface area contributed by atoms with Crippen molar-refractivity contribution in [3.05, 3.63) is 123 Å². The lowest BCUT2D eigenvalue weighted by Crippen LogP contribution is -2.38. The maximum absolute atomic E-state index is 4.70. The zero-order valence-corrected chi connectivity index (χ0v) is 16.7. The molecule has 0 aliphatic carbocycles. The summed E-state index contributed by atoms with van der Waals surface area (Å²) in [6, 6.07) is 32.0. The number of imidazole rings is 1. The molecule has 2 nitrogen and oxygen atoms in total. The van der Waals surface area contributed by atoms with Crippen LogP contribution < -0.4 is 0 Å². The Morgan fingerprint density at radius 3 is 1.38 bits per heavy atom. The van der Waals surface area contributed by atoms with Gasteiger partial charge in [0.05, 0.1) is 5.69 Å². The van der Waals surface area contributed by atoms with Crippen molar-refractivity contribution in [1.82, 2.24) is 9.55 Å². The van der Waals surface area contributed by atoms with Crippen molar-refractivity contribution < 1.29 is 0 Å². The predicted octanol–water partition coefficient (Wildman–Crippen LogP) is 5.64. The molecule has 0 aliphatic rings. The summed E-state index contributed by atoms with van der Waals surface area (Å²) in [6.45, 7) is 2.05. The fourth-order valence-corrected chi connectivity index (χ4v) is 4.54. The molecule has 0 N–H and O–H groups in total. The van der Waals surface area contributed by atoms with Crippen molar-refractivity contribution in [2.24, 2.45) is 0 Å². The van der Waals surface area contributed by atoms with Crippen LogP contribution in [0.2, 0.25) is 0 Å². The molecule has 0 fully saturated rings. The van der Waals surface area contributed by atoms with E-state index in [-0.39, 0.29) is 0 Å². The summed E-state index contributed by atoms with van der Waals surface area (Å²) in [5.74, 6) is 0. The SMILES string of the molecule is Cc1cn(C(c2ccccc2)(c2ccccc2)c2ccccc2)c(I)n1. The molecule has 3 heteroatoms. The molecule has 0 radical (unpaired) electrons. The highest BCUT2D eigenvalue weighted by atomic mass is 127. The Bertz CT molecular complexity index is 896. The Hall–Kier alpha value is -2.40. The maximum Gasteiger partial charge on any atom is 0.172 e. The highest BCUT2D eigenvalue weighted by Crippen LogP contribution is 2.41. The van der Waals surface area contributed by atoms with Crippen molar-refractivity contribution in [2.75, 3.05) is 0 Å². The van der Waals surface area contributed by atoms with Gasteiger partial charge in [0.1, 0.15) is 5.54 Å². The van der Waals surface area contributed by atoms with Crippen LogP contribution in [-0.4, -0.2) is 9.55 Å². The van der Waals surface area contributed by atoms with Gasteiger partial charge in [-0.3, -0.25) is 0 Å². The van der Waals surface area contributed by atoms with Gasteiger partial charge in [-0.1, -0.05) is 91.0 Å². The summed E-state index contributed by atoms with van der Waals surface area (Å²) in [5, 5.41) is 0. The second kappa shape index (κ2) is 7.08.